The summed E-state index contributed by atoms with van der Waals surface area (Å²) in [6, 6.07) is 2.03. The van der Waals surface area contributed by atoms with Crippen LogP contribution in [0.5, 0.6) is 5.75 Å². The van der Waals surface area contributed by atoms with Crippen LogP contribution in [-0.4, -0.2) is 17.5 Å². The molecule has 0 aliphatic heterocycles. The summed E-state index contributed by atoms with van der Waals surface area (Å²) < 4.78 is 64.8. The SMILES string of the molecule is CC(Cl)C(=O)c1cc(OC(F)(F)F)cc(C(F)F)c1. The molecule has 1 aromatic rings. The summed E-state index contributed by atoms with van der Waals surface area (Å²) in [5.41, 5.74) is -1.11. The largest absolute Gasteiger partial charge is 0.573 e. The quantitative estimate of drug-likeness (QED) is 0.470. The predicted molar refractivity (Wildman–Crippen MR) is 57.7 cm³/mol. The van der Waals surface area contributed by atoms with E-state index in [1.807, 2.05) is 0 Å². The Labute approximate surface area is 110 Å². The number of halogens is 6. The maximum Gasteiger partial charge on any atom is 0.573 e. The minimum absolute atomic E-state index is 0.362. The van der Waals surface area contributed by atoms with Crippen LogP contribution >= 0.6 is 11.6 Å². The van der Waals surface area contributed by atoms with Gasteiger partial charge in [-0.2, -0.15) is 0 Å². The first-order valence-corrected chi connectivity index (χ1v) is 5.41. The van der Waals surface area contributed by atoms with E-state index in [-0.39, 0.29) is 5.56 Å². The average molecular weight is 303 g/mol. The van der Waals surface area contributed by atoms with Gasteiger partial charge in [-0.1, -0.05) is 0 Å². The molecular weight excluding hydrogens is 295 g/mol. The maximum absolute atomic E-state index is 12.5. The highest BCUT2D eigenvalue weighted by Gasteiger charge is 2.32. The highest BCUT2D eigenvalue weighted by atomic mass is 35.5. The van der Waals surface area contributed by atoms with E-state index in [9.17, 15) is 26.7 Å². The van der Waals surface area contributed by atoms with Crippen LogP contribution in [0, 0.1) is 0 Å². The minimum atomic E-state index is -5.03. The van der Waals surface area contributed by atoms with Crippen molar-refractivity contribution in [1.29, 1.82) is 0 Å². The van der Waals surface area contributed by atoms with Crippen molar-refractivity contribution in [1.82, 2.24) is 0 Å². The van der Waals surface area contributed by atoms with Crippen molar-refractivity contribution >= 4 is 17.4 Å². The van der Waals surface area contributed by atoms with Gasteiger partial charge >= 0.3 is 6.36 Å². The number of ether oxygens (including phenoxy) is 1. The molecule has 1 rings (SSSR count). The molecule has 0 heterocycles. The molecular formula is C11H8ClF5O2. The second-order valence-corrected chi connectivity index (χ2v) is 4.27. The van der Waals surface area contributed by atoms with Gasteiger partial charge in [-0.15, -0.1) is 24.8 Å². The van der Waals surface area contributed by atoms with Crippen molar-refractivity contribution in [3.63, 3.8) is 0 Å². The molecule has 19 heavy (non-hydrogen) atoms. The topological polar surface area (TPSA) is 26.3 Å². The smallest absolute Gasteiger partial charge is 0.406 e. The number of hydrogen-bond donors (Lipinski definition) is 0. The van der Waals surface area contributed by atoms with Gasteiger partial charge < -0.3 is 4.74 Å². The number of carbonyl (C=O) groups excluding carboxylic acids is 1. The molecule has 0 saturated carbocycles. The van der Waals surface area contributed by atoms with Crippen molar-refractivity contribution in [3.8, 4) is 5.75 Å². The first-order valence-electron chi connectivity index (χ1n) is 4.97. The third-order valence-corrected chi connectivity index (χ3v) is 2.26. The van der Waals surface area contributed by atoms with Crippen LogP contribution in [0.1, 0.15) is 29.3 Å². The monoisotopic (exact) mass is 302 g/mol. The second-order valence-electron chi connectivity index (χ2n) is 3.62. The van der Waals surface area contributed by atoms with Crippen molar-refractivity contribution in [2.24, 2.45) is 0 Å². The summed E-state index contributed by atoms with van der Waals surface area (Å²) >= 11 is 5.48. The van der Waals surface area contributed by atoms with E-state index in [1.165, 1.54) is 6.92 Å². The Hall–Kier alpha value is -1.37. The van der Waals surface area contributed by atoms with Crippen molar-refractivity contribution in [2.75, 3.05) is 0 Å². The average Bonchev–Trinajstić information content (AvgIpc) is 2.24. The molecule has 0 spiro atoms. The first kappa shape index (κ1) is 15.7. The van der Waals surface area contributed by atoms with E-state index < -0.39 is 35.3 Å². The molecule has 2 nitrogen and oxygen atoms in total. The van der Waals surface area contributed by atoms with Crippen LogP contribution in [-0.2, 0) is 0 Å². The van der Waals surface area contributed by atoms with Crippen LogP contribution < -0.4 is 4.74 Å². The number of carbonyl (C=O) groups is 1. The molecule has 0 radical (unpaired) electrons. The molecule has 0 saturated heterocycles. The molecule has 8 heteroatoms. The lowest BCUT2D eigenvalue weighted by Crippen LogP contribution is -2.18. The molecule has 0 amide bonds. The van der Waals surface area contributed by atoms with E-state index in [0.717, 1.165) is 12.1 Å². The third-order valence-electron chi connectivity index (χ3n) is 2.06. The molecule has 0 aromatic heterocycles. The lowest BCUT2D eigenvalue weighted by molar-refractivity contribution is -0.274. The lowest BCUT2D eigenvalue weighted by Gasteiger charge is -2.12. The van der Waals surface area contributed by atoms with Crippen LogP contribution in [0.4, 0.5) is 22.0 Å². The van der Waals surface area contributed by atoms with Gasteiger partial charge in [0.2, 0.25) is 0 Å². The van der Waals surface area contributed by atoms with E-state index in [2.05, 4.69) is 4.74 Å². The van der Waals surface area contributed by atoms with Crippen LogP contribution in [0.3, 0.4) is 0 Å². The van der Waals surface area contributed by atoms with E-state index in [4.69, 9.17) is 11.6 Å². The third kappa shape index (κ3) is 4.66. The molecule has 1 atom stereocenters. The predicted octanol–water partition coefficient (Wildman–Crippen LogP) is 4.33. The van der Waals surface area contributed by atoms with Gasteiger partial charge in [-0.25, -0.2) is 8.78 Å². The van der Waals surface area contributed by atoms with Gasteiger partial charge in [0.15, 0.2) is 5.78 Å². The Morgan fingerprint density at radius 3 is 2.26 bits per heavy atom. The lowest BCUT2D eigenvalue weighted by atomic mass is 10.0. The summed E-state index contributed by atoms with van der Waals surface area (Å²) in [6.07, 6.45) is -8.07. The number of hydrogen-bond acceptors (Lipinski definition) is 2. The first-order chi connectivity index (χ1) is 8.60. The molecule has 0 fully saturated rings. The van der Waals surface area contributed by atoms with Crippen molar-refractivity contribution in [2.45, 2.75) is 25.1 Å². The van der Waals surface area contributed by atoms with Gasteiger partial charge in [-0.05, 0) is 25.1 Å². The van der Waals surface area contributed by atoms with Crippen molar-refractivity contribution < 1.29 is 31.5 Å². The number of Topliss-reactive ketones (excluding diaryl/α,β-unsaturated/α-hetero) is 1. The molecule has 0 aliphatic rings. The van der Waals surface area contributed by atoms with Crippen molar-refractivity contribution in [3.05, 3.63) is 29.3 Å². The number of benzene rings is 1. The number of rotatable bonds is 4. The van der Waals surface area contributed by atoms with Gasteiger partial charge in [0.25, 0.3) is 6.43 Å². The van der Waals surface area contributed by atoms with E-state index in [0.29, 0.717) is 6.07 Å². The van der Waals surface area contributed by atoms with Crippen LogP contribution in [0.15, 0.2) is 18.2 Å². The Morgan fingerprint density at radius 2 is 1.84 bits per heavy atom. The van der Waals surface area contributed by atoms with Crippen LogP contribution in [0.25, 0.3) is 0 Å². The Kier molecular flexibility index (Phi) is 4.73. The second kappa shape index (κ2) is 5.73. The summed E-state index contributed by atoms with van der Waals surface area (Å²) in [7, 11) is 0. The summed E-state index contributed by atoms with van der Waals surface area (Å²) in [5, 5.41) is -1.05. The standard InChI is InChI=1S/C11H8ClF5O2/c1-5(12)9(18)6-2-7(10(13)14)4-8(3-6)19-11(15,16)17/h2-5,10H,1H3. The fraction of sp³-hybridized carbons (Fsp3) is 0.364. The van der Waals surface area contributed by atoms with Gasteiger partial charge in [-0.3, -0.25) is 4.79 Å². The highest BCUT2D eigenvalue weighted by molar-refractivity contribution is 6.33. The zero-order valence-corrected chi connectivity index (χ0v) is 10.2. The highest BCUT2D eigenvalue weighted by Crippen LogP contribution is 2.30. The number of alkyl halides is 6. The maximum atomic E-state index is 12.5. The summed E-state index contributed by atoms with van der Waals surface area (Å²) in [6.45, 7) is 1.28. The zero-order chi connectivity index (χ0) is 14.8. The molecule has 0 N–H and O–H groups in total. The van der Waals surface area contributed by atoms with Crippen LogP contribution in [0.2, 0.25) is 0 Å². The number of ketones is 1. The zero-order valence-electron chi connectivity index (χ0n) is 9.47. The fourth-order valence-corrected chi connectivity index (χ4v) is 1.44. The van der Waals surface area contributed by atoms with E-state index >= 15 is 0 Å². The molecule has 1 unspecified atom stereocenters. The Balaban J connectivity index is 3.22. The van der Waals surface area contributed by atoms with Gasteiger partial charge in [0, 0.05) is 11.1 Å². The Bertz CT molecular complexity index is 471. The van der Waals surface area contributed by atoms with E-state index in [1.54, 1.807) is 0 Å². The molecule has 1 aromatic carbocycles. The normalized spacial score (nSPS) is 13.5. The molecule has 0 bridgehead atoms. The molecule has 0 aliphatic carbocycles. The summed E-state index contributed by atoms with van der Waals surface area (Å²) in [4.78, 5) is 11.5. The molecule has 106 valence electrons. The fourth-order valence-electron chi connectivity index (χ4n) is 1.31. The van der Waals surface area contributed by atoms with Gasteiger partial charge in [0.05, 0.1) is 5.38 Å². The Morgan fingerprint density at radius 1 is 1.26 bits per heavy atom. The van der Waals surface area contributed by atoms with Gasteiger partial charge in [0.1, 0.15) is 5.75 Å². The summed E-state index contributed by atoms with van der Waals surface area (Å²) in [5.74, 6) is -1.65. The minimum Gasteiger partial charge on any atom is -0.406 e.